The molecule has 1 saturated carbocycles. The van der Waals surface area contributed by atoms with Crippen LogP contribution >= 0.6 is 11.8 Å². The number of nitriles is 1. The molecule has 2 aromatic heterocycles. The minimum absolute atomic E-state index is 0.170. The molecule has 0 spiro atoms. The Bertz CT molecular complexity index is 1230. The lowest BCUT2D eigenvalue weighted by molar-refractivity contribution is -0.115. The molecular formula is C22H15N5OS. The quantitative estimate of drug-likeness (QED) is 0.682. The van der Waals surface area contributed by atoms with Gasteiger partial charge in [0.2, 0.25) is 0 Å². The number of benzene rings is 1. The zero-order valence-corrected chi connectivity index (χ0v) is 16.1. The van der Waals surface area contributed by atoms with Gasteiger partial charge in [-0.05, 0) is 48.0 Å². The Morgan fingerprint density at radius 3 is 2.90 bits per heavy atom. The Labute approximate surface area is 171 Å². The van der Waals surface area contributed by atoms with E-state index in [-0.39, 0.29) is 11.9 Å². The third-order valence-corrected chi connectivity index (χ3v) is 5.81. The first kappa shape index (κ1) is 17.6. The molecule has 29 heavy (non-hydrogen) atoms. The van der Waals surface area contributed by atoms with Gasteiger partial charge in [-0.1, -0.05) is 30.3 Å². The van der Waals surface area contributed by atoms with E-state index in [0.717, 1.165) is 6.42 Å². The smallest absolute Gasteiger partial charge is 0.264 e. The molecule has 2 fully saturated rings. The van der Waals surface area contributed by atoms with Gasteiger partial charge in [-0.25, -0.2) is 4.98 Å². The summed E-state index contributed by atoms with van der Waals surface area (Å²) in [5, 5.41) is 12.5. The Balaban J connectivity index is 1.35. The maximum Gasteiger partial charge on any atom is 0.264 e. The molecule has 1 saturated heterocycles. The molecule has 6 nitrogen and oxygen atoms in total. The van der Waals surface area contributed by atoms with Crippen molar-refractivity contribution in [1.29, 1.82) is 5.26 Å². The van der Waals surface area contributed by atoms with Crippen molar-refractivity contribution >= 4 is 39.9 Å². The van der Waals surface area contributed by atoms with Crippen molar-refractivity contribution in [2.45, 2.75) is 18.4 Å². The van der Waals surface area contributed by atoms with E-state index in [1.165, 1.54) is 23.5 Å². The van der Waals surface area contributed by atoms with Crippen LogP contribution in [-0.4, -0.2) is 27.1 Å². The number of nitrogens with one attached hydrogen (secondary N) is 1. The lowest BCUT2D eigenvalue weighted by atomic mass is 10.1. The van der Waals surface area contributed by atoms with Crippen molar-refractivity contribution in [3.8, 4) is 6.07 Å². The first-order chi connectivity index (χ1) is 14.2. The molecule has 1 unspecified atom stereocenters. The monoisotopic (exact) mass is 397 g/mol. The fourth-order valence-electron chi connectivity index (χ4n) is 3.32. The van der Waals surface area contributed by atoms with Crippen LogP contribution in [0.4, 0.5) is 0 Å². The number of carbonyl (C=O) groups is 1. The number of aliphatic imine (C=N–C) groups is 1. The second-order valence-corrected chi connectivity index (χ2v) is 7.96. The summed E-state index contributed by atoms with van der Waals surface area (Å²) in [6.45, 7) is 0. The SMILES string of the molecule is N#Cc1cnc2ccc(C=C3SC(=NC4C[C@H]4c4ccccc4)NC3=O)nc2c1. The van der Waals surface area contributed by atoms with Gasteiger partial charge in [-0.2, -0.15) is 5.26 Å². The molecule has 1 N–H and O–H groups in total. The van der Waals surface area contributed by atoms with Crippen LogP contribution in [0.5, 0.6) is 0 Å². The van der Waals surface area contributed by atoms with E-state index in [4.69, 9.17) is 10.3 Å². The van der Waals surface area contributed by atoms with Crippen LogP contribution in [-0.2, 0) is 4.79 Å². The normalized spacial score (nSPS) is 23.3. The number of thioether (sulfide) groups is 1. The molecule has 140 valence electrons. The van der Waals surface area contributed by atoms with Gasteiger partial charge in [0.05, 0.1) is 33.2 Å². The summed E-state index contributed by atoms with van der Waals surface area (Å²) in [6.07, 6.45) is 4.26. The zero-order chi connectivity index (χ0) is 19.8. The van der Waals surface area contributed by atoms with E-state index in [1.807, 2.05) is 30.3 Å². The lowest BCUT2D eigenvalue weighted by Crippen LogP contribution is -2.20. The summed E-state index contributed by atoms with van der Waals surface area (Å²) >= 11 is 1.33. The fourth-order valence-corrected chi connectivity index (χ4v) is 4.18. The van der Waals surface area contributed by atoms with Gasteiger partial charge < -0.3 is 5.32 Å². The number of hydrogen-bond acceptors (Lipinski definition) is 6. The molecule has 1 aliphatic carbocycles. The van der Waals surface area contributed by atoms with Gasteiger partial charge >= 0.3 is 0 Å². The van der Waals surface area contributed by atoms with Crippen LogP contribution in [0.15, 0.2) is 64.6 Å². The van der Waals surface area contributed by atoms with Crippen LogP contribution in [0.1, 0.15) is 29.2 Å². The molecule has 3 aromatic rings. The molecule has 3 heterocycles. The lowest BCUT2D eigenvalue weighted by Gasteiger charge is -1.99. The molecule has 2 aliphatic rings. The first-order valence-corrected chi connectivity index (χ1v) is 10.0. The molecule has 1 amide bonds. The summed E-state index contributed by atoms with van der Waals surface area (Å²) in [6, 6.07) is 17.9. The molecule has 1 aromatic carbocycles. The summed E-state index contributed by atoms with van der Waals surface area (Å²) in [5.41, 5.74) is 3.71. The molecule has 0 radical (unpaired) electrons. The van der Waals surface area contributed by atoms with E-state index in [1.54, 1.807) is 12.1 Å². The summed E-state index contributed by atoms with van der Waals surface area (Å²) in [5.74, 6) is 0.259. The van der Waals surface area contributed by atoms with Crippen molar-refractivity contribution in [2.24, 2.45) is 4.99 Å². The van der Waals surface area contributed by atoms with Gasteiger partial charge in [0.25, 0.3) is 5.91 Å². The number of hydrogen-bond donors (Lipinski definition) is 1. The highest BCUT2D eigenvalue weighted by atomic mass is 32.2. The summed E-state index contributed by atoms with van der Waals surface area (Å²) in [4.78, 5) is 26.3. The van der Waals surface area contributed by atoms with Gasteiger partial charge in [0.15, 0.2) is 5.17 Å². The average molecular weight is 397 g/mol. The van der Waals surface area contributed by atoms with Crippen LogP contribution in [0, 0.1) is 11.3 Å². The Morgan fingerprint density at radius 2 is 2.07 bits per heavy atom. The number of fused-ring (bicyclic) bond motifs is 1. The third kappa shape index (κ3) is 3.62. The number of aromatic nitrogens is 2. The summed E-state index contributed by atoms with van der Waals surface area (Å²) in [7, 11) is 0. The summed E-state index contributed by atoms with van der Waals surface area (Å²) < 4.78 is 0. The van der Waals surface area contributed by atoms with Crippen molar-refractivity contribution in [3.63, 3.8) is 0 Å². The van der Waals surface area contributed by atoms with E-state index < -0.39 is 0 Å². The van der Waals surface area contributed by atoms with E-state index in [0.29, 0.717) is 38.3 Å². The average Bonchev–Trinajstić information content (AvgIpc) is 3.43. The van der Waals surface area contributed by atoms with Crippen LogP contribution < -0.4 is 5.32 Å². The van der Waals surface area contributed by atoms with Gasteiger partial charge in [-0.15, -0.1) is 0 Å². The topological polar surface area (TPSA) is 91.0 Å². The van der Waals surface area contributed by atoms with Crippen molar-refractivity contribution in [3.05, 3.63) is 76.5 Å². The molecule has 2 atom stereocenters. The van der Waals surface area contributed by atoms with Crippen molar-refractivity contribution in [1.82, 2.24) is 15.3 Å². The van der Waals surface area contributed by atoms with E-state index in [2.05, 4.69) is 33.5 Å². The van der Waals surface area contributed by atoms with Crippen LogP contribution in [0.3, 0.4) is 0 Å². The van der Waals surface area contributed by atoms with Crippen LogP contribution in [0.2, 0.25) is 0 Å². The molecule has 1 aliphatic heterocycles. The minimum Gasteiger partial charge on any atom is -0.301 e. The predicted molar refractivity (Wildman–Crippen MR) is 113 cm³/mol. The fraction of sp³-hybridized carbons (Fsp3) is 0.136. The third-order valence-electron chi connectivity index (χ3n) is 4.89. The highest BCUT2D eigenvalue weighted by molar-refractivity contribution is 8.18. The molecule has 0 bridgehead atoms. The van der Waals surface area contributed by atoms with Crippen molar-refractivity contribution in [2.75, 3.05) is 0 Å². The number of rotatable bonds is 3. The van der Waals surface area contributed by atoms with Gasteiger partial charge in [0.1, 0.15) is 6.07 Å². The minimum atomic E-state index is -0.170. The second kappa shape index (κ2) is 7.15. The number of nitrogens with zero attached hydrogens (tertiary/aromatic N) is 4. The number of pyridine rings is 2. The van der Waals surface area contributed by atoms with Crippen LogP contribution in [0.25, 0.3) is 17.1 Å². The maximum atomic E-state index is 12.3. The standard InChI is InChI=1S/C22H15N5OS/c23-11-13-8-19-17(24-12-13)7-6-15(25-19)9-20-21(28)27-22(29-20)26-18-10-16(18)14-4-2-1-3-5-14/h1-9,12,16,18H,10H2,(H,26,27,28)/t16-,18?/m0/s1. The number of amides is 1. The first-order valence-electron chi connectivity index (χ1n) is 9.20. The largest absolute Gasteiger partial charge is 0.301 e. The highest BCUT2D eigenvalue weighted by Gasteiger charge is 2.39. The Kier molecular flexibility index (Phi) is 4.34. The highest BCUT2D eigenvalue weighted by Crippen LogP contribution is 2.44. The van der Waals surface area contributed by atoms with E-state index >= 15 is 0 Å². The molecule has 7 heteroatoms. The Morgan fingerprint density at radius 1 is 1.21 bits per heavy atom. The number of amidine groups is 1. The van der Waals surface area contributed by atoms with Gasteiger partial charge in [0, 0.05) is 12.1 Å². The molecule has 5 rings (SSSR count). The van der Waals surface area contributed by atoms with E-state index in [9.17, 15) is 4.79 Å². The zero-order valence-electron chi connectivity index (χ0n) is 15.2. The van der Waals surface area contributed by atoms with Crippen molar-refractivity contribution < 1.29 is 4.79 Å². The maximum absolute atomic E-state index is 12.3. The van der Waals surface area contributed by atoms with Gasteiger partial charge in [-0.3, -0.25) is 14.8 Å². The second-order valence-electron chi connectivity index (χ2n) is 6.93. The number of carbonyl (C=O) groups excluding carboxylic acids is 1. The molecular weight excluding hydrogens is 382 g/mol. The predicted octanol–water partition coefficient (Wildman–Crippen LogP) is 3.62. The Hall–Kier alpha value is -3.50.